The molecular formula is C26H39NO6S. The van der Waals surface area contributed by atoms with E-state index in [4.69, 9.17) is 4.74 Å². The van der Waals surface area contributed by atoms with Gasteiger partial charge in [0.05, 0.1) is 12.9 Å². The molecule has 2 rings (SSSR count). The molecule has 0 unspecified atom stereocenters. The highest BCUT2D eigenvalue weighted by molar-refractivity contribution is 7.85. The van der Waals surface area contributed by atoms with Crippen molar-refractivity contribution < 1.29 is 27.2 Å². The molecule has 0 saturated carbocycles. The molecule has 0 aromatic heterocycles. The van der Waals surface area contributed by atoms with Crippen LogP contribution in [0.25, 0.3) is 0 Å². The number of benzene rings is 1. The standard InChI is InChI=1S/C26H39NO6S/c1-6-7-8-10-20-16-23(28)25(22-15-19(4)11-12-21(22)18(2)3)24(17-20)33-26(29)27-13-9-14-32-34(5,30)31/h15-17,21-22,28H,2,6-14H2,1,3-5H3,(H,27,29)/t21-,22+/m0/s1. The Morgan fingerprint density at radius 3 is 2.65 bits per heavy atom. The van der Waals surface area contributed by atoms with Gasteiger partial charge < -0.3 is 15.2 Å². The minimum absolute atomic E-state index is 0.0233. The summed E-state index contributed by atoms with van der Waals surface area (Å²) in [6.45, 7) is 10.5. The molecule has 190 valence electrons. The number of carbonyl (C=O) groups excluding carboxylic acids is 1. The molecule has 1 amide bonds. The third-order valence-corrected chi connectivity index (χ3v) is 6.65. The van der Waals surface area contributed by atoms with Gasteiger partial charge in [-0.15, -0.1) is 0 Å². The van der Waals surface area contributed by atoms with Crippen LogP contribution >= 0.6 is 0 Å². The highest BCUT2D eigenvalue weighted by Crippen LogP contribution is 2.47. The molecule has 0 saturated heterocycles. The van der Waals surface area contributed by atoms with Crippen molar-refractivity contribution in [1.82, 2.24) is 5.32 Å². The largest absolute Gasteiger partial charge is 0.507 e. The maximum Gasteiger partial charge on any atom is 0.412 e. The van der Waals surface area contributed by atoms with Crippen molar-refractivity contribution in [3.63, 3.8) is 0 Å². The summed E-state index contributed by atoms with van der Waals surface area (Å²) in [5, 5.41) is 13.7. The highest BCUT2D eigenvalue weighted by atomic mass is 32.2. The van der Waals surface area contributed by atoms with Crippen LogP contribution < -0.4 is 10.1 Å². The lowest BCUT2D eigenvalue weighted by atomic mass is 9.73. The predicted octanol–water partition coefficient (Wildman–Crippen LogP) is 5.60. The molecule has 1 aromatic carbocycles. The second-order valence-corrected chi connectivity index (χ2v) is 10.9. The Morgan fingerprint density at radius 2 is 2.00 bits per heavy atom. The van der Waals surface area contributed by atoms with Crippen LogP contribution in [-0.4, -0.2) is 39.0 Å². The van der Waals surface area contributed by atoms with Gasteiger partial charge in [-0.3, -0.25) is 4.18 Å². The van der Waals surface area contributed by atoms with E-state index in [0.717, 1.165) is 55.9 Å². The summed E-state index contributed by atoms with van der Waals surface area (Å²) in [6, 6.07) is 3.63. The Kier molecular flexibility index (Phi) is 10.6. The zero-order valence-corrected chi connectivity index (χ0v) is 21.7. The van der Waals surface area contributed by atoms with E-state index in [-0.39, 0.29) is 30.7 Å². The summed E-state index contributed by atoms with van der Waals surface area (Å²) in [6.07, 6.45) is 8.61. The van der Waals surface area contributed by atoms with Gasteiger partial charge in [-0.1, -0.05) is 43.6 Å². The number of allylic oxidation sites excluding steroid dienone is 3. The van der Waals surface area contributed by atoms with Gasteiger partial charge in [0.2, 0.25) is 0 Å². The van der Waals surface area contributed by atoms with E-state index in [1.165, 1.54) is 5.57 Å². The summed E-state index contributed by atoms with van der Waals surface area (Å²) in [7, 11) is -3.51. The highest BCUT2D eigenvalue weighted by Gasteiger charge is 2.31. The van der Waals surface area contributed by atoms with Crippen LogP contribution in [0.4, 0.5) is 4.79 Å². The summed E-state index contributed by atoms with van der Waals surface area (Å²) in [5.74, 6) is 0.472. The van der Waals surface area contributed by atoms with Crippen LogP contribution in [0, 0.1) is 5.92 Å². The first-order valence-corrected chi connectivity index (χ1v) is 13.8. The van der Waals surface area contributed by atoms with Gasteiger partial charge in [0, 0.05) is 18.0 Å². The van der Waals surface area contributed by atoms with Gasteiger partial charge >= 0.3 is 6.09 Å². The number of hydrogen-bond donors (Lipinski definition) is 2. The summed E-state index contributed by atoms with van der Waals surface area (Å²) < 4.78 is 32.5. The van der Waals surface area contributed by atoms with Gasteiger partial charge in [0.1, 0.15) is 11.5 Å². The van der Waals surface area contributed by atoms with E-state index < -0.39 is 16.2 Å². The number of rotatable bonds is 12. The van der Waals surface area contributed by atoms with Gasteiger partial charge in [0.25, 0.3) is 10.1 Å². The van der Waals surface area contributed by atoms with Crippen LogP contribution in [0.3, 0.4) is 0 Å². The fourth-order valence-electron chi connectivity index (χ4n) is 4.33. The SMILES string of the molecule is C=C(C)[C@@H]1CCC(C)=C[C@H]1c1c(O)cc(CCCCC)cc1OC(=O)NCCCOS(C)(=O)=O. The molecule has 1 aromatic rings. The number of aryl methyl sites for hydroxylation is 1. The van der Waals surface area contributed by atoms with Gasteiger partial charge in [-0.25, -0.2) is 4.79 Å². The van der Waals surface area contributed by atoms with E-state index in [2.05, 4.69) is 36.0 Å². The lowest BCUT2D eigenvalue weighted by Gasteiger charge is -2.32. The summed E-state index contributed by atoms with van der Waals surface area (Å²) in [4.78, 5) is 12.6. The maximum absolute atomic E-state index is 12.6. The average Bonchev–Trinajstić information content (AvgIpc) is 2.72. The quantitative estimate of drug-likeness (QED) is 0.223. The minimum atomic E-state index is -3.51. The van der Waals surface area contributed by atoms with Crippen molar-refractivity contribution in [2.24, 2.45) is 5.92 Å². The number of carbonyl (C=O) groups is 1. The zero-order valence-electron chi connectivity index (χ0n) is 20.9. The van der Waals surface area contributed by atoms with Crippen molar-refractivity contribution in [3.8, 4) is 11.5 Å². The van der Waals surface area contributed by atoms with Gasteiger partial charge in [-0.05, 0) is 69.6 Å². The number of nitrogens with one attached hydrogen (secondary N) is 1. The summed E-state index contributed by atoms with van der Waals surface area (Å²) >= 11 is 0. The van der Waals surface area contributed by atoms with Crippen molar-refractivity contribution >= 4 is 16.2 Å². The topological polar surface area (TPSA) is 102 Å². The minimum Gasteiger partial charge on any atom is -0.507 e. The summed E-state index contributed by atoms with van der Waals surface area (Å²) in [5.41, 5.74) is 3.78. The molecule has 2 N–H and O–H groups in total. The van der Waals surface area contributed by atoms with Crippen LogP contribution in [0.15, 0.2) is 35.9 Å². The van der Waals surface area contributed by atoms with Gasteiger partial charge in [0.15, 0.2) is 0 Å². The molecule has 8 heteroatoms. The molecule has 0 aliphatic heterocycles. The van der Waals surface area contributed by atoms with Gasteiger partial charge in [-0.2, -0.15) is 8.42 Å². The second-order valence-electron chi connectivity index (χ2n) is 9.21. The molecule has 0 radical (unpaired) electrons. The van der Waals surface area contributed by atoms with E-state index in [1.807, 2.05) is 13.0 Å². The Hall–Kier alpha value is -2.32. The molecule has 0 spiro atoms. The first-order valence-electron chi connectivity index (χ1n) is 12.0. The molecule has 1 aliphatic carbocycles. The van der Waals surface area contributed by atoms with Crippen LogP contribution in [0.2, 0.25) is 0 Å². The van der Waals surface area contributed by atoms with E-state index in [1.54, 1.807) is 6.07 Å². The fraction of sp³-hybridized carbons (Fsp3) is 0.577. The number of amides is 1. The van der Waals surface area contributed by atoms with Crippen LogP contribution in [0.5, 0.6) is 11.5 Å². The van der Waals surface area contributed by atoms with Crippen molar-refractivity contribution in [1.29, 1.82) is 0 Å². The van der Waals surface area contributed by atoms with E-state index in [9.17, 15) is 18.3 Å². The van der Waals surface area contributed by atoms with Crippen LogP contribution in [-0.2, 0) is 20.7 Å². The first kappa shape index (κ1) is 27.9. The first-order chi connectivity index (χ1) is 16.0. The molecule has 0 heterocycles. The molecule has 2 atom stereocenters. The number of ether oxygens (including phenoxy) is 1. The third kappa shape index (κ3) is 8.80. The smallest absolute Gasteiger partial charge is 0.412 e. The zero-order chi connectivity index (χ0) is 25.3. The molecule has 34 heavy (non-hydrogen) atoms. The normalized spacial score (nSPS) is 18.3. The Morgan fingerprint density at radius 1 is 1.26 bits per heavy atom. The third-order valence-electron chi connectivity index (χ3n) is 6.05. The van der Waals surface area contributed by atoms with Crippen molar-refractivity contribution in [2.75, 3.05) is 19.4 Å². The molecule has 7 nitrogen and oxygen atoms in total. The van der Waals surface area contributed by atoms with Crippen LogP contribution in [0.1, 0.15) is 76.3 Å². The Labute approximate surface area is 204 Å². The lowest BCUT2D eigenvalue weighted by Crippen LogP contribution is -2.29. The Bertz CT molecular complexity index is 999. The maximum atomic E-state index is 12.6. The number of aromatic hydroxyl groups is 1. The number of unbranched alkanes of at least 4 members (excludes halogenated alkanes) is 2. The predicted molar refractivity (Wildman–Crippen MR) is 135 cm³/mol. The number of hydrogen-bond acceptors (Lipinski definition) is 6. The molecule has 0 bridgehead atoms. The monoisotopic (exact) mass is 493 g/mol. The number of phenolic OH excluding ortho intramolecular Hbond substituents is 1. The van der Waals surface area contributed by atoms with Crippen molar-refractivity contribution in [2.45, 2.75) is 71.6 Å². The average molecular weight is 494 g/mol. The lowest BCUT2D eigenvalue weighted by molar-refractivity contribution is 0.198. The van der Waals surface area contributed by atoms with E-state index >= 15 is 0 Å². The van der Waals surface area contributed by atoms with E-state index in [0.29, 0.717) is 17.7 Å². The molecular weight excluding hydrogens is 454 g/mol. The number of phenols is 1. The molecule has 1 aliphatic rings. The molecule has 0 fully saturated rings. The second kappa shape index (κ2) is 13.0. The fourth-order valence-corrected chi connectivity index (χ4v) is 4.75. The Balaban J connectivity index is 2.26. The van der Waals surface area contributed by atoms with Crippen molar-refractivity contribution in [3.05, 3.63) is 47.1 Å².